The molecule has 1 unspecified atom stereocenters. The van der Waals surface area contributed by atoms with E-state index in [1.54, 1.807) is 11.3 Å². The maximum atomic E-state index is 4.27. The molecule has 1 saturated carbocycles. The molecule has 1 heterocycles. The highest BCUT2D eigenvalue weighted by Gasteiger charge is 2.27. The molecule has 14 heavy (non-hydrogen) atoms. The SMILES string of the molecule is CC1(C)CCCC(Nc2nccs2)C1. The van der Waals surface area contributed by atoms with E-state index in [4.69, 9.17) is 0 Å². The molecule has 1 fully saturated rings. The van der Waals surface area contributed by atoms with Crippen molar-refractivity contribution in [3.8, 4) is 0 Å². The highest BCUT2D eigenvalue weighted by Crippen LogP contribution is 2.36. The van der Waals surface area contributed by atoms with Gasteiger partial charge in [0.2, 0.25) is 0 Å². The van der Waals surface area contributed by atoms with Gasteiger partial charge in [-0.25, -0.2) is 4.98 Å². The summed E-state index contributed by atoms with van der Waals surface area (Å²) in [7, 11) is 0. The number of nitrogens with one attached hydrogen (secondary N) is 1. The lowest BCUT2D eigenvalue weighted by molar-refractivity contribution is 0.229. The quantitative estimate of drug-likeness (QED) is 0.807. The lowest BCUT2D eigenvalue weighted by Gasteiger charge is -2.35. The molecule has 0 amide bonds. The lowest BCUT2D eigenvalue weighted by atomic mass is 9.75. The van der Waals surface area contributed by atoms with Crippen LogP contribution in [-0.4, -0.2) is 11.0 Å². The molecule has 1 N–H and O–H groups in total. The van der Waals surface area contributed by atoms with Gasteiger partial charge in [-0.1, -0.05) is 20.3 Å². The first-order valence-corrected chi connectivity index (χ1v) is 6.20. The van der Waals surface area contributed by atoms with Gasteiger partial charge in [0.05, 0.1) is 0 Å². The largest absolute Gasteiger partial charge is 0.359 e. The molecule has 1 atom stereocenters. The Morgan fingerprint density at radius 2 is 2.43 bits per heavy atom. The predicted octanol–water partition coefficient (Wildman–Crippen LogP) is 3.52. The summed E-state index contributed by atoms with van der Waals surface area (Å²) in [6, 6.07) is 0.630. The number of hydrogen-bond acceptors (Lipinski definition) is 3. The molecule has 0 bridgehead atoms. The highest BCUT2D eigenvalue weighted by molar-refractivity contribution is 7.13. The molecule has 1 aliphatic rings. The van der Waals surface area contributed by atoms with Crippen LogP contribution in [0.25, 0.3) is 0 Å². The summed E-state index contributed by atoms with van der Waals surface area (Å²) in [6.07, 6.45) is 7.13. The van der Waals surface area contributed by atoms with Crippen LogP contribution in [0, 0.1) is 5.41 Å². The van der Waals surface area contributed by atoms with E-state index < -0.39 is 0 Å². The van der Waals surface area contributed by atoms with E-state index in [1.165, 1.54) is 25.7 Å². The van der Waals surface area contributed by atoms with Crippen molar-refractivity contribution < 1.29 is 0 Å². The van der Waals surface area contributed by atoms with Crippen molar-refractivity contribution >= 4 is 16.5 Å². The lowest BCUT2D eigenvalue weighted by Crippen LogP contribution is -2.31. The molecule has 1 aliphatic carbocycles. The van der Waals surface area contributed by atoms with Crippen LogP contribution in [-0.2, 0) is 0 Å². The van der Waals surface area contributed by atoms with Crippen molar-refractivity contribution in [2.24, 2.45) is 5.41 Å². The van der Waals surface area contributed by atoms with Gasteiger partial charge in [-0.3, -0.25) is 0 Å². The van der Waals surface area contributed by atoms with Crippen LogP contribution in [0.15, 0.2) is 11.6 Å². The second kappa shape index (κ2) is 3.89. The van der Waals surface area contributed by atoms with Gasteiger partial charge in [0.15, 0.2) is 5.13 Å². The fraction of sp³-hybridized carbons (Fsp3) is 0.727. The van der Waals surface area contributed by atoms with E-state index in [2.05, 4.69) is 24.1 Å². The molecule has 3 heteroatoms. The third-order valence-electron chi connectivity index (χ3n) is 2.97. The number of rotatable bonds is 2. The number of aromatic nitrogens is 1. The second-order valence-electron chi connectivity index (χ2n) is 4.94. The summed E-state index contributed by atoms with van der Waals surface area (Å²) in [5.74, 6) is 0. The van der Waals surface area contributed by atoms with Crippen LogP contribution in [0.1, 0.15) is 39.5 Å². The third-order valence-corrected chi connectivity index (χ3v) is 3.67. The van der Waals surface area contributed by atoms with Crippen molar-refractivity contribution in [2.45, 2.75) is 45.6 Å². The van der Waals surface area contributed by atoms with Crippen LogP contribution >= 0.6 is 11.3 Å². The third kappa shape index (κ3) is 2.47. The standard InChI is InChI=1S/C11H18N2S/c1-11(2)5-3-4-9(8-11)13-10-12-6-7-14-10/h6-7,9H,3-5,8H2,1-2H3,(H,12,13). The van der Waals surface area contributed by atoms with Crippen LogP contribution in [0.4, 0.5) is 5.13 Å². The Balaban J connectivity index is 1.92. The van der Waals surface area contributed by atoms with E-state index in [9.17, 15) is 0 Å². The number of thiazole rings is 1. The number of anilines is 1. The zero-order chi connectivity index (χ0) is 10.0. The summed E-state index contributed by atoms with van der Waals surface area (Å²) in [6.45, 7) is 4.73. The summed E-state index contributed by atoms with van der Waals surface area (Å²) in [5, 5.41) is 6.62. The van der Waals surface area contributed by atoms with Crippen molar-refractivity contribution in [2.75, 3.05) is 5.32 Å². The minimum atomic E-state index is 0.507. The first kappa shape index (κ1) is 9.97. The summed E-state index contributed by atoms with van der Waals surface area (Å²) in [5.41, 5.74) is 0.507. The molecule has 0 aromatic carbocycles. The highest BCUT2D eigenvalue weighted by atomic mass is 32.1. The van der Waals surface area contributed by atoms with Gasteiger partial charge in [-0.15, -0.1) is 11.3 Å². The normalized spacial score (nSPS) is 26.0. The summed E-state index contributed by atoms with van der Waals surface area (Å²) < 4.78 is 0. The van der Waals surface area contributed by atoms with Gasteiger partial charge >= 0.3 is 0 Å². The van der Waals surface area contributed by atoms with Crippen LogP contribution < -0.4 is 5.32 Å². The Hall–Kier alpha value is -0.570. The molecule has 0 spiro atoms. The second-order valence-corrected chi connectivity index (χ2v) is 5.83. The van der Waals surface area contributed by atoms with E-state index in [-0.39, 0.29) is 0 Å². The van der Waals surface area contributed by atoms with E-state index in [0.29, 0.717) is 11.5 Å². The fourth-order valence-electron chi connectivity index (χ4n) is 2.29. The van der Waals surface area contributed by atoms with Crippen molar-refractivity contribution in [1.82, 2.24) is 4.98 Å². The van der Waals surface area contributed by atoms with Gasteiger partial charge in [-0.2, -0.15) is 0 Å². The fourth-order valence-corrected chi connectivity index (χ4v) is 2.90. The molecule has 78 valence electrons. The zero-order valence-corrected chi connectivity index (χ0v) is 9.73. The van der Waals surface area contributed by atoms with Crippen molar-refractivity contribution in [3.63, 3.8) is 0 Å². The first-order chi connectivity index (χ1) is 6.66. The molecule has 1 aromatic heterocycles. The van der Waals surface area contributed by atoms with Gasteiger partial charge < -0.3 is 5.32 Å². The maximum Gasteiger partial charge on any atom is 0.182 e. The van der Waals surface area contributed by atoms with Crippen LogP contribution in [0.3, 0.4) is 0 Å². The Labute approximate surface area is 89.8 Å². The number of nitrogens with zero attached hydrogens (tertiary/aromatic N) is 1. The molecule has 0 saturated heterocycles. The summed E-state index contributed by atoms with van der Waals surface area (Å²) >= 11 is 1.69. The molecule has 2 rings (SSSR count). The van der Waals surface area contributed by atoms with Gasteiger partial charge in [0.25, 0.3) is 0 Å². The van der Waals surface area contributed by atoms with Gasteiger partial charge in [0.1, 0.15) is 0 Å². The molecule has 0 aliphatic heterocycles. The maximum absolute atomic E-state index is 4.27. The Kier molecular flexibility index (Phi) is 2.77. The summed E-state index contributed by atoms with van der Waals surface area (Å²) in [4.78, 5) is 4.27. The minimum absolute atomic E-state index is 0.507. The molecule has 0 radical (unpaired) electrons. The molecule has 1 aromatic rings. The Morgan fingerprint density at radius 1 is 1.57 bits per heavy atom. The predicted molar refractivity (Wildman–Crippen MR) is 61.8 cm³/mol. The van der Waals surface area contributed by atoms with E-state index in [1.807, 2.05) is 11.6 Å². The van der Waals surface area contributed by atoms with Crippen molar-refractivity contribution in [3.05, 3.63) is 11.6 Å². The van der Waals surface area contributed by atoms with E-state index in [0.717, 1.165) is 5.13 Å². The minimum Gasteiger partial charge on any atom is -0.359 e. The Bertz CT molecular complexity index is 279. The van der Waals surface area contributed by atoms with Gasteiger partial charge in [0, 0.05) is 17.6 Å². The van der Waals surface area contributed by atoms with Crippen LogP contribution in [0.5, 0.6) is 0 Å². The Morgan fingerprint density at radius 3 is 3.07 bits per heavy atom. The zero-order valence-electron chi connectivity index (χ0n) is 8.92. The average Bonchev–Trinajstić information content (AvgIpc) is 2.54. The molecular formula is C11H18N2S. The van der Waals surface area contributed by atoms with Gasteiger partial charge in [-0.05, 0) is 24.7 Å². The molecular weight excluding hydrogens is 192 g/mol. The van der Waals surface area contributed by atoms with Crippen molar-refractivity contribution in [1.29, 1.82) is 0 Å². The number of hydrogen-bond donors (Lipinski definition) is 1. The molecule has 2 nitrogen and oxygen atoms in total. The van der Waals surface area contributed by atoms with Crippen LogP contribution in [0.2, 0.25) is 0 Å². The topological polar surface area (TPSA) is 24.9 Å². The average molecular weight is 210 g/mol. The smallest absolute Gasteiger partial charge is 0.182 e. The monoisotopic (exact) mass is 210 g/mol. The van der Waals surface area contributed by atoms with E-state index >= 15 is 0 Å². The first-order valence-electron chi connectivity index (χ1n) is 5.32.